The molecule has 0 saturated carbocycles. The molecule has 0 spiro atoms. The molecule has 0 bridgehead atoms. The minimum atomic E-state index is -0.508. The Balaban J connectivity index is 2.14. The molecule has 0 aliphatic rings. The van der Waals surface area contributed by atoms with Crippen LogP contribution in [0.15, 0.2) is 48.5 Å². The van der Waals surface area contributed by atoms with E-state index in [1.54, 1.807) is 29.2 Å². The normalized spacial score (nSPS) is 10.6. The second-order valence-electron chi connectivity index (χ2n) is 6.13. The average Bonchev–Trinajstić information content (AvgIpc) is 2.58. The van der Waals surface area contributed by atoms with Gasteiger partial charge >= 0.3 is 6.03 Å². The number of benzene rings is 2. The maximum atomic E-state index is 12.7. The number of aromatic hydroxyl groups is 1. The first-order valence-electron chi connectivity index (χ1n) is 8.08. The number of carbonyl (C=O) groups excluding carboxylic acids is 1. The molecule has 8 nitrogen and oxygen atoms in total. The van der Waals surface area contributed by atoms with Crippen LogP contribution in [0.5, 0.6) is 5.75 Å². The number of nitro benzene ring substituents is 1. The number of nitrogens with zero attached hydrogens (tertiary/aromatic N) is 3. The minimum Gasteiger partial charge on any atom is -0.508 e. The van der Waals surface area contributed by atoms with Gasteiger partial charge in [0, 0.05) is 37.5 Å². The summed E-state index contributed by atoms with van der Waals surface area (Å²) in [5, 5.41) is 23.2. The highest BCUT2D eigenvalue weighted by Gasteiger charge is 2.16. The molecule has 2 rings (SSSR count). The Labute approximate surface area is 151 Å². The molecule has 8 heteroatoms. The van der Waals surface area contributed by atoms with Gasteiger partial charge in [0.05, 0.1) is 4.92 Å². The van der Waals surface area contributed by atoms with Crippen LogP contribution in [-0.2, 0) is 6.54 Å². The number of phenolic OH excluding ortho intramolecular Hbond substituents is 1. The van der Waals surface area contributed by atoms with E-state index in [1.165, 1.54) is 18.2 Å². The highest BCUT2D eigenvalue weighted by molar-refractivity contribution is 5.89. The number of anilines is 1. The van der Waals surface area contributed by atoms with Gasteiger partial charge in [-0.15, -0.1) is 0 Å². The van der Waals surface area contributed by atoms with Crippen molar-refractivity contribution in [1.29, 1.82) is 0 Å². The summed E-state index contributed by atoms with van der Waals surface area (Å²) in [6.07, 6.45) is 0. The van der Waals surface area contributed by atoms with Crippen molar-refractivity contribution in [2.24, 2.45) is 0 Å². The van der Waals surface area contributed by atoms with Gasteiger partial charge in [0.25, 0.3) is 5.69 Å². The lowest BCUT2D eigenvalue weighted by Gasteiger charge is -2.25. The molecule has 0 radical (unpaired) electrons. The molecule has 0 aliphatic carbocycles. The summed E-state index contributed by atoms with van der Waals surface area (Å²) in [6, 6.07) is 12.1. The zero-order chi connectivity index (χ0) is 19.1. The number of hydrogen-bond acceptors (Lipinski definition) is 5. The van der Waals surface area contributed by atoms with Crippen LogP contribution in [0.1, 0.15) is 5.56 Å². The van der Waals surface area contributed by atoms with Gasteiger partial charge < -0.3 is 20.2 Å². The summed E-state index contributed by atoms with van der Waals surface area (Å²) in [7, 11) is 3.82. The van der Waals surface area contributed by atoms with Gasteiger partial charge in [0.15, 0.2) is 0 Å². The van der Waals surface area contributed by atoms with E-state index < -0.39 is 4.92 Å². The number of phenols is 1. The van der Waals surface area contributed by atoms with Crippen molar-refractivity contribution in [1.82, 2.24) is 9.80 Å². The molecule has 0 atom stereocenters. The van der Waals surface area contributed by atoms with Crippen molar-refractivity contribution >= 4 is 17.4 Å². The molecule has 26 heavy (non-hydrogen) atoms. The number of hydrogen-bond donors (Lipinski definition) is 2. The molecule has 0 fully saturated rings. The Morgan fingerprint density at radius 3 is 2.54 bits per heavy atom. The van der Waals surface area contributed by atoms with Crippen molar-refractivity contribution in [3.63, 3.8) is 0 Å². The predicted molar refractivity (Wildman–Crippen MR) is 99.2 cm³/mol. The van der Waals surface area contributed by atoms with Crippen molar-refractivity contribution in [3.05, 3.63) is 64.2 Å². The highest BCUT2D eigenvalue weighted by Crippen LogP contribution is 2.18. The SMILES string of the molecule is CN(C)CCN(Cc1cccc(O)c1)C(=O)Nc1cccc([N+](=O)[O-])c1. The fourth-order valence-corrected chi connectivity index (χ4v) is 2.35. The van der Waals surface area contributed by atoms with Crippen molar-refractivity contribution in [2.45, 2.75) is 6.54 Å². The Morgan fingerprint density at radius 1 is 1.15 bits per heavy atom. The fraction of sp³-hybridized carbons (Fsp3) is 0.278. The predicted octanol–water partition coefficient (Wildman–Crippen LogP) is 2.90. The minimum absolute atomic E-state index is 0.0874. The number of non-ortho nitro benzene ring substituents is 1. The molecule has 0 unspecified atom stereocenters. The number of amides is 2. The van der Waals surface area contributed by atoms with Gasteiger partial charge in [-0.05, 0) is 37.9 Å². The van der Waals surface area contributed by atoms with Crippen molar-refractivity contribution in [2.75, 3.05) is 32.5 Å². The van der Waals surface area contributed by atoms with Gasteiger partial charge in [-0.25, -0.2) is 4.79 Å². The third kappa shape index (κ3) is 5.75. The van der Waals surface area contributed by atoms with E-state index in [2.05, 4.69) is 5.32 Å². The maximum absolute atomic E-state index is 12.7. The van der Waals surface area contributed by atoms with Gasteiger partial charge in [-0.2, -0.15) is 0 Å². The third-order valence-corrected chi connectivity index (χ3v) is 3.70. The molecular formula is C18H22N4O4. The topological polar surface area (TPSA) is 99.0 Å². The number of urea groups is 1. The molecule has 2 aromatic rings. The average molecular weight is 358 g/mol. The van der Waals surface area contributed by atoms with Crippen LogP contribution >= 0.6 is 0 Å². The molecule has 0 aromatic heterocycles. The summed E-state index contributed by atoms with van der Waals surface area (Å²) in [4.78, 5) is 26.6. The molecule has 0 saturated heterocycles. The molecule has 2 aromatic carbocycles. The fourth-order valence-electron chi connectivity index (χ4n) is 2.35. The maximum Gasteiger partial charge on any atom is 0.322 e. The second kappa shape index (κ2) is 8.82. The number of nitrogens with one attached hydrogen (secondary N) is 1. The number of nitro groups is 1. The summed E-state index contributed by atoms with van der Waals surface area (Å²) in [6.45, 7) is 1.42. The Bertz CT molecular complexity index is 779. The van der Waals surface area contributed by atoms with E-state index in [1.807, 2.05) is 25.1 Å². The lowest BCUT2D eigenvalue weighted by molar-refractivity contribution is -0.384. The van der Waals surface area contributed by atoms with Crippen LogP contribution < -0.4 is 5.32 Å². The number of rotatable bonds is 7. The van der Waals surface area contributed by atoms with Crippen LogP contribution in [0.4, 0.5) is 16.2 Å². The van der Waals surface area contributed by atoms with Crippen LogP contribution in [0.3, 0.4) is 0 Å². The van der Waals surface area contributed by atoms with Crippen molar-refractivity contribution in [3.8, 4) is 5.75 Å². The molecule has 138 valence electrons. The van der Waals surface area contributed by atoms with Gasteiger partial charge in [-0.1, -0.05) is 18.2 Å². The number of likely N-dealkylation sites (N-methyl/N-ethyl adjacent to an activating group) is 1. The van der Waals surface area contributed by atoms with E-state index in [9.17, 15) is 20.0 Å². The van der Waals surface area contributed by atoms with Crippen LogP contribution in [0.25, 0.3) is 0 Å². The zero-order valence-electron chi connectivity index (χ0n) is 14.8. The zero-order valence-corrected chi connectivity index (χ0v) is 14.8. The van der Waals surface area contributed by atoms with E-state index in [-0.39, 0.29) is 17.5 Å². The standard InChI is InChI=1S/C18H22N4O4/c1-20(2)9-10-21(13-14-5-3-8-17(23)11-14)18(24)19-15-6-4-7-16(12-15)22(25)26/h3-8,11-12,23H,9-10,13H2,1-2H3,(H,19,24). The molecular weight excluding hydrogens is 336 g/mol. The first kappa shape index (κ1) is 19.2. The van der Waals surface area contributed by atoms with E-state index >= 15 is 0 Å². The molecule has 0 aliphatic heterocycles. The first-order chi connectivity index (χ1) is 12.3. The first-order valence-corrected chi connectivity index (χ1v) is 8.08. The largest absolute Gasteiger partial charge is 0.508 e. The quantitative estimate of drug-likeness (QED) is 0.586. The summed E-state index contributed by atoms with van der Waals surface area (Å²) >= 11 is 0. The van der Waals surface area contributed by atoms with Gasteiger partial charge in [0.2, 0.25) is 0 Å². The van der Waals surface area contributed by atoms with E-state index in [4.69, 9.17) is 0 Å². The number of carbonyl (C=O) groups is 1. The summed E-state index contributed by atoms with van der Waals surface area (Å²) < 4.78 is 0. The Kier molecular flexibility index (Phi) is 6.51. The molecule has 2 N–H and O–H groups in total. The van der Waals surface area contributed by atoms with Crippen LogP contribution in [0, 0.1) is 10.1 Å². The van der Waals surface area contributed by atoms with Gasteiger partial charge in [-0.3, -0.25) is 10.1 Å². The van der Waals surface area contributed by atoms with Crippen molar-refractivity contribution < 1.29 is 14.8 Å². The lowest BCUT2D eigenvalue weighted by atomic mass is 10.2. The third-order valence-electron chi connectivity index (χ3n) is 3.70. The molecule has 0 heterocycles. The monoisotopic (exact) mass is 358 g/mol. The summed E-state index contributed by atoms with van der Waals surface area (Å²) in [5.74, 6) is 0.133. The highest BCUT2D eigenvalue weighted by atomic mass is 16.6. The Morgan fingerprint density at radius 2 is 1.88 bits per heavy atom. The Hall–Kier alpha value is -3.13. The van der Waals surface area contributed by atoms with E-state index in [0.29, 0.717) is 25.3 Å². The molecule has 2 amide bonds. The second-order valence-corrected chi connectivity index (χ2v) is 6.13. The van der Waals surface area contributed by atoms with Crippen LogP contribution in [-0.4, -0.2) is 53.0 Å². The summed E-state index contributed by atoms with van der Waals surface area (Å²) in [5.41, 5.74) is 1.06. The van der Waals surface area contributed by atoms with E-state index in [0.717, 1.165) is 5.56 Å². The lowest BCUT2D eigenvalue weighted by Crippen LogP contribution is -2.39. The smallest absolute Gasteiger partial charge is 0.322 e. The van der Waals surface area contributed by atoms with Crippen LogP contribution in [0.2, 0.25) is 0 Å². The van der Waals surface area contributed by atoms with Gasteiger partial charge in [0.1, 0.15) is 5.75 Å².